The third-order valence-electron chi connectivity index (χ3n) is 2.49. The van der Waals surface area contributed by atoms with E-state index in [1.807, 2.05) is 12.1 Å². The molecule has 0 radical (unpaired) electrons. The van der Waals surface area contributed by atoms with Crippen molar-refractivity contribution in [3.05, 3.63) is 29.8 Å². The van der Waals surface area contributed by atoms with Crippen LogP contribution in [-0.4, -0.2) is 37.1 Å². The number of rotatable bonds is 1. The minimum Gasteiger partial charge on any atom is -0.398 e. The fourth-order valence-corrected chi connectivity index (χ4v) is 1.63. The summed E-state index contributed by atoms with van der Waals surface area (Å²) in [5.74, 6) is -0.00333. The number of nitrogens with two attached hydrogens (primary N) is 1. The van der Waals surface area contributed by atoms with Crippen molar-refractivity contribution in [3.63, 3.8) is 0 Å². The maximum Gasteiger partial charge on any atom is 0.256 e. The van der Waals surface area contributed by atoms with Gasteiger partial charge in [-0.3, -0.25) is 4.79 Å². The van der Waals surface area contributed by atoms with Gasteiger partial charge in [0.1, 0.15) is 0 Å². The molecule has 4 heteroatoms. The molecule has 0 aliphatic carbocycles. The van der Waals surface area contributed by atoms with Crippen LogP contribution >= 0.6 is 0 Å². The highest BCUT2D eigenvalue weighted by atomic mass is 16.5. The quantitative estimate of drug-likeness (QED) is 0.689. The normalized spacial score (nSPS) is 16.4. The Bertz CT molecular complexity index is 359. The summed E-state index contributed by atoms with van der Waals surface area (Å²) in [6.07, 6.45) is 0. The molecule has 2 rings (SSSR count). The van der Waals surface area contributed by atoms with Crippen molar-refractivity contribution >= 4 is 11.6 Å². The number of nitrogen functional groups attached to an aromatic ring is 1. The van der Waals surface area contributed by atoms with Gasteiger partial charge in [0.25, 0.3) is 5.91 Å². The zero-order valence-corrected chi connectivity index (χ0v) is 8.48. The van der Waals surface area contributed by atoms with E-state index < -0.39 is 0 Å². The van der Waals surface area contributed by atoms with Gasteiger partial charge in [-0.1, -0.05) is 12.1 Å². The van der Waals surface area contributed by atoms with Gasteiger partial charge in [-0.15, -0.1) is 0 Å². The van der Waals surface area contributed by atoms with Crippen molar-refractivity contribution in [3.8, 4) is 0 Å². The molecule has 0 bridgehead atoms. The second kappa shape index (κ2) is 4.31. The Morgan fingerprint density at radius 3 is 2.60 bits per heavy atom. The number of benzene rings is 1. The van der Waals surface area contributed by atoms with Gasteiger partial charge in [0.05, 0.1) is 18.8 Å². The van der Waals surface area contributed by atoms with Gasteiger partial charge in [-0.2, -0.15) is 0 Å². The Morgan fingerprint density at radius 2 is 1.93 bits per heavy atom. The van der Waals surface area contributed by atoms with Crippen molar-refractivity contribution < 1.29 is 9.53 Å². The van der Waals surface area contributed by atoms with E-state index in [-0.39, 0.29) is 5.91 Å². The van der Waals surface area contributed by atoms with E-state index in [4.69, 9.17) is 10.5 Å². The number of nitrogens with zero attached hydrogens (tertiary/aromatic N) is 1. The van der Waals surface area contributed by atoms with Crippen LogP contribution in [-0.2, 0) is 4.74 Å². The lowest BCUT2D eigenvalue weighted by Crippen LogP contribution is -2.40. The average Bonchev–Trinajstić information content (AvgIpc) is 2.30. The molecule has 15 heavy (non-hydrogen) atoms. The molecular formula is C11H14N2O2. The minimum absolute atomic E-state index is 0.00333. The van der Waals surface area contributed by atoms with Crippen LogP contribution < -0.4 is 5.73 Å². The van der Waals surface area contributed by atoms with Crippen molar-refractivity contribution in [2.45, 2.75) is 0 Å². The number of morpholine rings is 1. The van der Waals surface area contributed by atoms with Gasteiger partial charge < -0.3 is 15.4 Å². The van der Waals surface area contributed by atoms with Crippen molar-refractivity contribution in [1.82, 2.24) is 4.90 Å². The summed E-state index contributed by atoms with van der Waals surface area (Å²) in [5, 5.41) is 0. The first-order valence-corrected chi connectivity index (χ1v) is 5.00. The van der Waals surface area contributed by atoms with Crippen LogP contribution in [0.1, 0.15) is 10.4 Å². The minimum atomic E-state index is -0.00333. The van der Waals surface area contributed by atoms with Crippen LogP contribution in [0.3, 0.4) is 0 Å². The first-order chi connectivity index (χ1) is 7.29. The summed E-state index contributed by atoms with van der Waals surface area (Å²) in [4.78, 5) is 13.8. The van der Waals surface area contributed by atoms with Crippen LogP contribution in [0, 0.1) is 0 Å². The summed E-state index contributed by atoms with van der Waals surface area (Å²) in [6, 6.07) is 7.15. The molecule has 0 spiro atoms. The number of para-hydroxylation sites is 1. The molecule has 1 aromatic rings. The standard InChI is InChI=1S/C11H14N2O2/c12-10-4-2-1-3-9(10)11(14)13-5-7-15-8-6-13/h1-4H,5-8,12H2. The van der Waals surface area contributed by atoms with E-state index in [1.165, 1.54) is 0 Å². The lowest BCUT2D eigenvalue weighted by molar-refractivity contribution is 0.0303. The Morgan fingerprint density at radius 1 is 1.27 bits per heavy atom. The van der Waals surface area contributed by atoms with Crippen molar-refractivity contribution in [2.24, 2.45) is 0 Å². The number of hydrogen-bond acceptors (Lipinski definition) is 3. The first-order valence-electron chi connectivity index (χ1n) is 5.00. The summed E-state index contributed by atoms with van der Waals surface area (Å²) < 4.78 is 5.19. The fraction of sp³-hybridized carbons (Fsp3) is 0.364. The molecule has 0 unspecified atom stereocenters. The number of hydrogen-bond donors (Lipinski definition) is 1. The molecule has 1 saturated heterocycles. The third-order valence-corrected chi connectivity index (χ3v) is 2.49. The highest BCUT2D eigenvalue weighted by Gasteiger charge is 2.19. The number of anilines is 1. The van der Waals surface area contributed by atoms with Gasteiger partial charge in [-0.25, -0.2) is 0 Å². The Hall–Kier alpha value is -1.55. The molecule has 1 fully saturated rings. The molecule has 0 atom stereocenters. The second-order valence-corrected chi connectivity index (χ2v) is 3.49. The molecule has 1 aliphatic rings. The van der Waals surface area contributed by atoms with Gasteiger partial charge in [0, 0.05) is 18.8 Å². The summed E-state index contributed by atoms with van der Waals surface area (Å²) in [5.41, 5.74) is 6.87. The zero-order valence-electron chi connectivity index (χ0n) is 8.48. The molecule has 2 N–H and O–H groups in total. The maximum absolute atomic E-state index is 12.0. The smallest absolute Gasteiger partial charge is 0.256 e. The van der Waals surface area contributed by atoms with Gasteiger partial charge in [-0.05, 0) is 12.1 Å². The summed E-state index contributed by atoms with van der Waals surface area (Å²) in [6.45, 7) is 2.51. The average molecular weight is 206 g/mol. The van der Waals surface area contributed by atoms with Crippen molar-refractivity contribution in [1.29, 1.82) is 0 Å². The topological polar surface area (TPSA) is 55.6 Å². The zero-order chi connectivity index (χ0) is 10.7. The number of carbonyl (C=O) groups is 1. The first kappa shape index (κ1) is 9.98. The van der Waals surface area contributed by atoms with E-state index in [0.717, 1.165) is 0 Å². The second-order valence-electron chi connectivity index (χ2n) is 3.49. The van der Waals surface area contributed by atoms with Crippen LogP contribution in [0.2, 0.25) is 0 Å². The summed E-state index contributed by atoms with van der Waals surface area (Å²) in [7, 11) is 0. The van der Waals surface area contributed by atoms with Gasteiger partial charge in [0.2, 0.25) is 0 Å². The van der Waals surface area contributed by atoms with Crippen LogP contribution in [0.4, 0.5) is 5.69 Å². The van der Waals surface area contributed by atoms with Crippen LogP contribution in [0.5, 0.6) is 0 Å². The van der Waals surface area contributed by atoms with E-state index in [9.17, 15) is 4.79 Å². The molecule has 1 aromatic carbocycles. The van der Waals surface area contributed by atoms with E-state index in [0.29, 0.717) is 37.6 Å². The Labute approximate surface area is 88.6 Å². The predicted octanol–water partition coefficient (Wildman–Crippen LogP) is 0.741. The molecule has 4 nitrogen and oxygen atoms in total. The molecule has 0 aromatic heterocycles. The Balaban J connectivity index is 2.16. The molecule has 0 saturated carbocycles. The molecule has 1 aliphatic heterocycles. The highest BCUT2D eigenvalue weighted by molar-refractivity contribution is 5.99. The SMILES string of the molecule is Nc1ccccc1C(=O)N1CCOCC1. The van der Waals surface area contributed by atoms with E-state index in [1.54, 1.807) is 17.0 Å². The van der Waals surface area contributed by atoms with Crippen molar-refractivity contribution in [2.75, 3.05) is 32.0 Å². The molecule has 1 heterocycles. The largest absolute Gasteiger partial charge is 0.398 e. The highest BCUT2D eigenvalue weighted by Crippen LogP contribution is 2.14. The van der Waals surface area contributed by atoms with E-state index >= 15 is 0 Å². The fourth-order valence-electron chi connectivity index (χ4n) is 1.63. The van der Waals surface area contributed by atoms with Gasteiger partial charge >= 0.3 is 0 Å². The lowest BCUT2D eigenvalue weighted by Gasteiger charge is -2.27. The number of ether oxygens (including phenoxy) is 1. The Kier molecular flexibility index (Phi) is 2.87. The number of carbonyl (C=O) groups excluding carboxylic acids is 1. The maximum atomic E-state index is 12.0. The van der Waals surface area contributed by atoms with E-state index in [2.05, 4.69) is 0 Å². The number of amides is 1. The monoisotopic (exact) mass is 206 g/mol. The molecule has 80 valence electrons. The van der Waals surface area contributed by atoms with Gasteiger partial charge in [0.15, 0.2) is 0 Å². The molecular weight excluding hydrogens is 192 g/mol. The van der Waals surface area contributed by atoms with Crippen LogP contribution in [0.25, 0.3) is 0 Å². The lowest BCUT2D eigenvalue weighted by atomic mass is 10.1. The third kappa shape index (κ3) is 2.10. The summed E-state index contributed by atoms with van der Waals surface area (Å²) >= 11 is 0. The van der Waals surface area contributed by atoms with Crippen LogP contribution in [0.15, 0.2) is 24.3 Å². The predicted molar refractivity (Wildman–Crippen MR) is 57.6 cm³/mol. The molecule has 1 amide bonds.